The van der Waals surface area contributed by atoms with Crippen LogP contribution in [0.4, 0.5) is 0 Å². The van der Waals surface area contributed by atoms with Crippen LogP contribution in [0.5, 0.6) is 11.5 Å². The highest BCUT2D eigenvalue weighted by atomic mass is 35.5. The molecule has 0 bridgehead atoms. The highest BCUT2D eigenvalue weighted by Gasteiger charge is 2.10. The van der Waals surface area contributed by atoms with Gasteiger partial charge in [-0.25, -0.2) is 0 Å². The smallest absolute Gasteiger partial charge is 0.178 e. The minimum atomic E-state index is 0.367. The number of ether oxygens (including phenoxy) is 2. The van der Waals surface area contributed by atoms with Gasteiger partial charge in [0.05, 0.1) is 19.8 Å². The van der Waals surface area contributed by atoms with Gasteiger partial charge < -0.3 is 9.47 Å². The lowest BCUT2D eigenvalue weighted by molar-refractivity contribution is 0.354. The second-order valence-corrected chi connectivity index (χ2v) is 2.74. The SMILES string of the molecule is COc1cc(Cl)cc(C#N)c1OC. The fourth-order valence-corrected chi connectivity index (χ4v) is 1.22. The van der Waals surface area contributed by atoms with Crippen molar-refractivity contribution in [3.05, 3.63) is 22.7 Å². The number of nitriles is 1. The van der Waals surface area contributed by atoms with Crippen molar-refractivity contribution in [2.45, 2.75) is 0 Å². The first-order valence-electron chi connectivity index (χ1n) is 3.54. The molecule has 1 aromatic rings. The molecule has 4 heteroatoms. The van der Waals surface area contributed by atoms with Crippen LogP contribution in [0.25, 0.3) is 0 Å². The number of hydrogen-bond donors (Lipinski definition) is 0. The first kappa shape index (κ1) is 9.69. The van der Waals surface area contributed by atoms with Gasteiger partial charge in [0.1, 0.15) is 6.07 Å². The average Bonchev–Trinajstić information content (AvgIpc) is 2.16. The molecule has 0 saturated carbocycles. The number of nitrogens with zero attached hydrogens (tertiary/aromatic N) is 1. The van der Waals surface area contributed by atoms with Crippen LogP contribution in [0.3, 0.4) is 0 Å². The summed E-state index contributed by atoms with van der Waals surface area (Å²) < 4.78 is 10.0. The summed E-state index contributed by atoms with van der Waals surface area (Å²) in [5, 5.41) is 9.20. The van der Waals surface area contributed by atoms with Gasteiger partial charge in [-0.15, -0.1) is 0 Å². The minimum Gasteiger partial charge on any atom is -0.493 e. The Morgan fingerprint density at radius 1 is 1.31 bits per heavy atom. The molecule has 0 fully saturated rings. The van der Waals surface area contributed by atoms with E-state index in [0.29, 0.717) is 22.1 Å². The summed E-state index contributed by atoms with van der Waals surface area (Å²) in [5.74, 6) is 0.876. The first-order chi connectivity index (χ1) is 6.22. The third-order valence-electron chi connectivity index (χ3n) is 1.56. The number of hydrogen-bond acceptors (Lipinski definition) is 3. The minimum absolute atomic E-state index is 0.367. The molecule has 0 unspecified atom stereocenters. The largest absolute Gasteiger partial charge is 0.493 e. The molecule has 0 saturated heterocycles. The number of methoxy groups -OCH3 is 2. The van der Waals surface area contributed by atoms with Crippen LogP contribution < -0.4 is 9.47 Å². The lowest BCUT2D eigenvalue weighted by atomic mass is 10.2. The molecular formula is C9H8ClNO2. The number of halogens is 1. The van der Waals surface area contributed by atoms with Crippen LogP contribution in [0, 0.1) is 11.3 Å². The van der Waals surface area contributed by atoms with E-state index in [1.165, 1.54) is 20.3 Å². The third kappa shape index (κ3) is 1.85. The van der Waals surface area contributed by atoms with Crippen LogP contribution in [-0.2, 0) is 0 Å². The summed E-state index contributed by atoms with van der Waals surface area (Å²) >= 11 is 5.75. The van der Waals surface area contributed by atoms with Crippen molar-refractivity contribution in [3.63, 3.8) is 0 Å². The van der Waals surface area contributed by atoms with Gasteiger partial charge in [-0.05, 0) is 6.07 Å². The van der Waals surface area contributed by atoms with E-state index < -0.39 is 0 Å². The standard InChI is InChI=1S/C9H8ClNO2/c1-12-8-4-7(10)3-6(5-11)9(8)13-2/h3-4H,1-2H3. The van der Waals surface area contributed by atoms with Crippen LogP contribution in [0.2, 0.25) is 5.02 Å². The van der Waals surface area contributed by atoms with Gasteiger partial charge in [0.2, 0.25) is 0 Å². The van der Waals surface area contributed by atoms with Crippen molar-refractivity contribution < 1.29 is 9.47 Å². The molecule has 0 aliphatic carbocycles. The van der Waals surface area contributed by atoms with Gasteiger partial charge in [-0.1, -0.05) is 11.6 Å². The topological polar surface area (TPSA) is 42.2 Å². The maximum atomic E-state index is 8.75. The first-order valence-corrected chi connectivity index (χ1v) is 3.92. The van der Waals surface area contributed by atoms with Crippen molar-refractivity contribution in [3.8, 4) is 17.6 Å². The highest BCUT2D eigenvalue weighted by molar-refractivity contribution is 6.30. The maximum Gasteiger partial charge on any atom is 0.178 e. The van der Waals surface area contributed by atoms with E-state index in [2.05, 4.69) is 0 Å². The fraction of sp³-hybridized carbons (Fsp3) is 0.222. The molecule has 68 valence electrons. The second-order valence-electron chi connectivity index (χ2n) is 2.30. The Labute approximate surface area is 81.4 Å². The monoisotopic (exact) mass is 197 g/mol. The predicted octanol–water partition coefficient (Wildman–Crippen LogP) is 2.23. The van der Waals surface area contributed by atoms with Gasteiger partial charge in [0.15, 0.2) is 11.5 Å². The van der Waals surface area contributed by atoms with Crippen molar-refractivity contribution >= 4 is 11.6 Å². The summed E-state index contributed by atoms with van der Waals surface area (Å²) in [6.07, 6.45) is 0. The molecule has 0 atom stereocenters. The molecule has 0 aliphatic rings. The van der Waals surface area contributed by atoms with Gasteiger partial charge in [-0.3, -0.25) is 0 Å². The van der Waals surface area contributed by atoms with Crippen molar-refractivity contribution in [2.24, 2.45) is 0 Å². The van der Waals surface area contributed by atoms with Gasteiger partial charge in [0.25, 0.3) is 0 Å². The Morgan fingerprint density at radius 3 is 2.46 bits per heavy atom. The van der Waals surface area contributed by atoms with Crippen molar-refractivity contribution in [1.82, 2.24) is 0 Å². The maximum absolute atomic E-state index is 8.75. The second kappa shape index (κ2) is 4.01. The van der Waals surface area contributed by atoms with Crippen molar-refractivity contribution in [1.29, 1.82) is 5.26 Å². The molecule has 0 aliphatic heterocycles. The summed E-state index contributed by atoms with van der Waals surface area (Å²) in [5.41, 5.74) is 0.367. The fourth-order valence-electron chi connectivity index (χ4n) is 1.01. The molecule has 0 radical (unpaired) electrons. The van der Waals surface area contributed by atoms with Gasteiger partial charge >= 0.3 is 0 Å². The van der Waals surface area contributed by atoms with Crippen LogP contribution >= 0.6 is 11.6 Å². The predicted molar refractivity (Wildman–Crippen MR) is 49.3 cm³/mol. The number of benzene rings is 1. The Kier molecular flexibility index (Phi) is 2.99. The highest BCUT2D eigenvalue weighted by Crippen LogP contribution is 2.33. The zero-order chi connectivity index (χ0) is 9.84. The molecule has 0 spiro atoms. The molecule has 1 rings (SSSR count). The van der Waals surface area contributed by atoms with E-state index in [1.807, 2.05) is 6.07 Å². The Balaban J connectivity index is 3.36. The van der Waals surface area contributed by atoms with Crippen LogP contribution in [0.1, 0.15) is 5.56 Å². The normalized spacial score (nSPS) is 9.08. The molecule has 0 aromatic heterocycles. The van der Waals surface area contributed by atoms with Crippen LogP contribution in [0.15, 0.2) is 12.1 Å². The average molecular weight is 198 g/mol. The molecule has 3 nitrogen and oxygen atoms in total. The third-order valence-corrected chi connectivity index (χ3v) is 1.78. The quantitative estimate of drug-likeness (QED) is 0.730. The van der Waals surface area contributed by atoms with E-state index in [4.69, 9.17) is 26.3 Å². The zero-order valence-electron chi connectivity index (χ0n) is 7.30. The summed E-state index contributed by atoms with van der Waals surface area (Å²) in [4.78, 5) is 0. The molecule has 13 heavy (non-hydrogen) atoms. The van der Waals surface area contributed by atoms with E-state index in [-0.39, 0.29) is 0 Å². The summed E-state index contributed by atoms with van der Waals surface area (Å²) in [6, 6.07) is 5.10. The Bertz CT molecular complexity index is 357. The zero-order valence-corrected chi connectivity index (χ0v) is 8.05. The van der Waals surface area contributed by atoms with Crippen molar-refractivity contribution in [2.75, 3.05) is 14.2 Å². The van der Waals surface area contributed by atoms with E-state index in [1.54, 1.807) is 6.07 Å². The Hall–Kier alpha value is -1.40. The van der Waals surface area contributed by atoms with Crippen LogP contribution in [-0.4, -0.2) is 14.2 Å². The lowest BCUT2D eigenvalue weighted by Gasteiger charge is -2.08. The van der Waals surface area contributed by atoms with Gasteiger partial charge in [0, 0.05) is 11.1 Å². The van der Waals surface area contributed by atoms with Gasteiger partial charge in [-0.2, -0.15) is 5.26 Å². The molecule has 0 N–H and O–H groups in total. The Morgan fingerprint density at radius 2 is 2.00 bits per heavy atom. The summed E-state index contributed by atoms with van der Waals surface area (Å²) in [6.45, 7) is 0. The lowest BCUT2D eigenvalue weighted by Crippen LogP contribution is -1.93. The van der Waals surface area contributed by atoms with E-state index >= 15 is 0 Å². The number of rotatable bonds is 2. The molecular weight excluding hydrogens is 190 g/mol. The van der Waals surface area contributed by atoms with E-state index in [9.17, 15) is 0 Å². The molecule has 1 aromatic carbocycles. The molecule has 0 amide bonds. The molecule has 0 heterocycles. The summed E-state index contributed by atoms with van der Waals surface area (Å²) in [7, 11) is 2.97. The van der Waals surface area contributed by atoms with E-state index in [0.717, 1.165) is 0 Å².